The average molecular weight is 645 g/mol. The predicted molar refractivity (Wildman–Crippen MR) is 172 cm³/mol. The van der Waals surface area contributed by atoms with E-state index < -0.39 is 47.3 Å². The molecule has 0 N–H and O–H groups in total. The molecule has 8 amide bonds. The number of hydrogen-bond acceptors (Lipinski definition) is 8. The second-order valence-electron chi connectivity index (χ2n) is 11.6. The standard InChI is InChI=1S/2C18H14N2O4/c2*1-3-19-15(21)9-5-7-11-14-12(18(24)20(4-2)17(11)23)8-6-10(13(9)14)16(19)22/h2*5-8H,3-4H2,1-2H3. The zero-order valence-electron chi connectivity index (χ0n) is 26.5. The first-order valence-corrected chi connectivity index (χ1v) is 15.7. The van der Waals surface area contributed by atoms with Crippen molar-refractivity contribution in [1.82, 2.24) is 19.6 Å². The number of rotatable bonds is 4. The molecule has 4 aromatic carbocycles. The van der Waals surface area contributed by atoms with E-state index in [0.29, 0.717) is 66.1 Å². The summed E-state index contributed by atoms with van der Waals surface area (Å²) in [6, 6.07) is 12.6. The third kappa shape index (κ3) is 3.82. The monoisotopic (exact) mass is 644 g/mol. The zero-order valence-corrected chi connectivity index (χ0v) is 26.5. The van der Waals surface area contributed by atoms with Gasteiger partial charge in [0.2, 0.25) is 0 Å². The number of benzene rings is 4. The second kappa shape index (κ2) is 10.8. The molecule has 0 radical (unpaired) electrons. The molecule has 12 nitrogen and oxygen atoms in total. The van der Waals surface area contributed by atoms with E-state index in [2.05, 4.69) is 0 Å². The molecule has 0 aliphatic carbocycles. The van der Waals surface area contributed by atoms with Gasteiger partial charge in [0.05, 0.1) is 0 Å². The predicted octanol–water partition coefficient (Wildman–Crippen LogP) is 4.14. The molecule has 4 heterocycles. The van der Waals surface area contributed by atoms with E-state index in [0.717, 1.165) is 0 Å². The van der Waals surface area contributed by atoms with Crippen LogP contribution in [0.1, 0.15) is 111 Å². The molecule has 4 aromatic rings. The molecule has 48 heavy (non-hydrogen) atoms. The molecule has 0 saturated carbocycles. The Labute approximate surface area is 273 Å². The first-order chi connectivity index (χ1) is 23.0. The average Bonchev–Trinajstić information content (AvgIpc) is 3.09. The fourth-order valence-electron chi connectivity index (χ4n) is 7.10. The SMILES string of the molecule is CCN1C(=O)c2ccc3c4c(ccc(c24)C1=O)C(=O)N(CC)C3=O.CCN1C(=O)c2ccc3c4c(ccc(c24)C1=O)C(=O)N(CC)C3=O. The highest BCUT2D eigenvalue weighted by molar-refractivity contribution is 6.34. The maximum Gasteiger partial charge on any atom is 0.261 e. The fraction of sp³-hybridized carbons (Fsp3) is 0.222. The highest BCUT2D eigenvalue weighted by atomic mass is 16.2. The van der Waals surface area contributed by atoms with Crippen molar-refractivity contribution < 1.29 is 38.4 Å². The Morgan fingerprint density at radius 2 is 0.417 bits per heavy atom. The molecule has 0 fully saturated rings. The van der Waals surface area contributed by atoms with Crippen LogP contribution in [0.5, 0.6) is 0 Å². The van der Waals surface area contributed by atoms with Crippen LogP contribution in [0.4, 0.5) is 0 Å². The van der Waals surface area contributed by atoms with E-state index in [1.54, 1.807) is 76.2 Å². The van der Waals surface area contributed by atoms with Crippen molar-refractivity contribution in [1.29, 1.82) is 0 Å². The molecule has 4 aliphatic rings. The van der Waals surface area contributed by atoms with Crippen LogP contribution in [0.25, 0.3) is 21.5 Å². The van der Waals surface area contributed by atoms with E-state index in [-0.39, 0.29) is 26.2 Å². The van der Waals surface area contributed by atoms with E-state index in [1.807, 2.05) is 0 Å². The summed E-state index contributed by atoms with van der Waals surface area (Å²) in [5.74, 6) is -3.14. The highest BCUT2D eigenvalue weighted by Gasteiger charge is 2.40. The molecule has 0 unspecified atom stereocenters. The summed E-state index contributed by atoms with van der Waals surface area (Å²) in [5, 5.41) is 1.67. The van der Waals surface area contributed by atoms with Crippen molar-refractivity contribution in [2.45, 2.75) is 27.7 Å². The van der Waals surface area contributed by atoms with Gasteiger partial charge in [-0.05, 0) is 76.2 Å². The molecule has 0 aromatic heterocycles. The number of imide groups is 4. The van der Waals surface area contributed by atoms with Crippen molar-refractivity contribution in [2.24, 2.45) is 0 Å². The van der Waals surface area contributed by atoms with E-state index >= 15 is 0 Å². The normalized spacial score (nSPS) is 16.4. The van der Waals surface area contributed by atoms with E-state index in [4.69, 9.17) is 0 Å². The molecular weight excluding hydrogens is 616 g/mol. The molecule has 0 saturated heterocycles. The molecule has 0 spiro atoms. The topological polar surface area (TPSA) is 150 Å². The maximum atomic E-state index is 12.6. The molecule has 4 aliphatic heterocycles. The van der Waals surface area contributed by atoms with Crippen LogP contribution in [0.3, 0.4) is 0 Å². The Bertz CT molecular complexity index is 1810. The van der Waals surface area contributed by atoms with Gasteiger partial charge >= 0.3 is 0 Å². The van der Waals surface area contributed by atoms with Crippen LogP contribution in [0.15, 0.2) is 48.5 Å². The minimum absolute atomic E-state index is 0.267. The van der Waals surface area contributed by atoms with Gasteiger partial charge in [-0.3, -0.25) is 58.0 Å². The largest absolute Gasteiger partial charge is 0.275 e. The summed E-state index contributed by atoms with van der Waals surface area (Å²) >= 11 is 0. The number of carbonyl (C=O) groups excluding carboxylic acids is 8. The van der Waals surface area contributed by atoms with Crippen LogP contribution in [-0.2, 0) is 0 Å². The Morgan fingerprint density at radius 3 is 0.521 bits per heavy atom. The first-order valence-electron chi connectivity index (χ1n) is 15.7. The maximum absolute atomic E-state index is 12.6. The summed E-state index contributed by atoms with van der Waals surface area (Å²) < 4.78 is 0. The molecule has 240 valence electrons. The smallest absolute Gasteiger partial charge is 0.261 e. The van der Waals surface area contributed by atoms with Gasteiger partial charge in [-0.1, -0.05) is 0 Å². The fourth-order valence-corrected chi connectivity index (χ4v) is 7.10. The van der Waals surface area contributed by atoms with E-state index in [9.17, 15) is 38.4 Å². The number of nitrogens with zero attached hydrogens (tertiary/aromatic N) is 4. The minimum atomic E-state index is -0.392. The van der Waals surface area contributed by atoms with Gasteiger partial charge in [-0.2, -0.15) is 0 Å². The molecule has 8 rings (SSSR count). The van der Waals surface area contributed by atoms with Gasteiger partial charge in [-0.15, -0.1) is 0 Å². The molecule has 0 atom stereocenters. The van der Waals surface area contributed by atoms with Gasteiger partial charge < -0.3 is 0 Å². The summed E-state index contributed by atoms with van der Waals surface area (Å²) in [5.41, 5.74) is 2.87. The van der Waals surface area contributed by atoms with Gasteiger partial charge in [0.1, 0.15) is 0 Å². The Kier molecular flexibility index (Phi) is 6.86. The van der Waals surface area contributed by atoms with Crippen LogP contribution in [0, 0.1) is 0 Å². The van der Waals surface area contributed by atoms with Crippen molar-refractivity contribution >= 4 is 68.8 Å². The summed E-state index contributed by atoms with van der Waals surface area (Å²) in [4.78, 5) is 105. The summed E-state index contributed by atoms with van der Waals surface area (Å²) in [6.07, 6.45) is 0. The lowest BCUT2D eigenvalue weighted by molar-refractivity contribution is 0.0597. The number of carbonyl (C=O) groups is 8. The van der Waals surface area contributed by atoms with E-state index in [1.165, 1.54) is 19.6 Å². The Morgan fingerprint density at radius 1 is 0.292 bits per heavy atom. The quantitative estimate of drug-likeness (QED) is 0.301. The summed E-state index contributed by atoms with van der Waals surface area (Å²) in [6.45, 7) is 8.00. The van der Waals surface area contributed by atoms with Crippen molar-refractivity contribution in [3.63, 3.8) is 0 Å². The molecular formula is C36H28N4O8. The van der Waals surface area contributed by atoms with Crippen LogP contribution >= 0.6 is 0 Å². The van der Waals surface area contributed by atoms with Gasteiger partial charge in [0.15, 0.2) is 0 Å². The third-order valence-electron chi connectivity index (χ3n) is 9.39. The lowest BCUT2D eigenvalue weighted by Crippen LogP contribution is -2.43. The lowest BCUT2D eigenvalue weighted by atomic mass is 9.86. The first kappa shape index (κ1) is 30.6. The van der Waals surface area contributed by atoms with Crippen molar-refractivity contribution in [3.8, 4) is 0 Å². The number of hydrogen-bond donors (Lipinski definition) is 0. The Balaban J connectivity index is 0.000000152. The van der Waals surface area contributed by atoms with Crippen LogP contribution in [0.2, 0.25) is 0 Å². The molecule has 12 heteroatoms. The lowest BCUT2D eigenvalue weighted by Gasteiger charge is -2.31. The van der Waals surface area contributed by atoms with Gasteiger partial charge in [-0.25, -0.2) is 0 Å². The van der Waals surface area contributed by atoms with Gasteiger partial charge in [0, 0.05) is 92.2 Å². The highest BCUT2D eigenvalue weighted by Crippen LogP contribution is 2.39. The third-order valence-corrected chi connectivity index (χ3v) is 9.39. The van der Waals surface area contributed by atoms with Gasteiger partial charge in [0.25, 0.3) is 47.3 Å². The Hall–Kier alpha value is -6.04. The number of amides is 8. The van der Waals surface area contributed by atoms with Crippen molar-refractivity contribution in [3.05, 3.63) is 93.0 Å². The van der Waals surface area contributed by atoms with Crippen LogP contribution in [-0.4, -0.2) is 93.0 Å². The zero-order chi connectivity index (χ0) is 34.3. The van der Waals surface area contributed by atoms with Crippen LogP contribution < -0.4 is 0 Å². The second-order valence-corrected chi connectivity index (χ2v) is 11.6. The summed E-state index contributed by atoms with van der Waals surface area (Å²) in [7, 11) is 0. The molecule has 0 bridgehead atoms. The minimum Gasteiger partial charge on any atom is -0.275 e. The van der Waals surface area contributed by atoms with Crippen molar-refractivity contribution in [2.75, 3.05) is 26.2 Å².